The van der Waals surface area contributed by atoms with E-state index in [1.165, 1.54) is 41.3 Å². The molecule has 0 radical (unpaired) electrons. The number of anilines is 4. The summed E-state index contributed by atoms with van der Waals surface area (Å²) in [7, 11) is -3.79. The summed E-state index contributed by atoms with van der Waals surface area (Å²) < 4.78 is 45.8. The van der Waals surface area contributed by atoms with Crippen LogP contribution < -0.4 is 19.3 Å². The molecule has 0 aromatic heterocycles. The van der Waals surface area contributed by atoms with E-state index in [1.54, 1.807) is 34.6 Å². The minimum atomic E-state index is -3.79. The van der Waals surface area contributed by atoms with Gasteiger partial charge in [-0.15, -0.1) is 0 Å². The number of ether oxygens (including phenoxy) is 1. The quantitative estimate of drug-likeness (QED) is 0.675. The molecule has 1 heterocycles. The average Bonchev–Trinajstić information content (AvgIpc) is 2.62. The Balaban J connectivity index is 2.36. The van der Waals surface area contributed by atoms with Crippen LogP contribution in [-0.2, 0) is 14.8 Å². The fourth-order valence-corrected chi connectivity index (χ4v) is 4.14. The van der Waals surface area contributed by atoms with Crippen molar-refractivity contribution in [2.75, 3.05) is 20.8 Å². The average molecular weight is 480 g/mol. The summed E-state index contributed by atoms with van der Waals surface area (Å²) in [5.74, 6) is -0.802. The lowest BCUT2D eigenvalue weighted by molar-refractivity contribution is -0.131. The van der Waals surface area contributed by atoms with Gasteiger partial charge in [-0.1, -0.05) is 0 Å². The Morgan fingerprint density at radius 1 is 1.18 bits per heavy atom. The Kier molecular flexibility index (Phi) is 5.82. The molecule has 178 valence electrons. The van der Waals surface area contributed by atoms with E-state index in [9.17, 15) is 27.5 Å². The van der Waals surface area contributed by atoms with Gasteiger partial charge in [-0.3, -0.25) is 19.3 Å². The molecule has 2 aromatic carbocycles. The van der Waals surface area contributed by atoms with Crippen LogP contribution in [0.5, 0.6) is 5.75 Å². The maximum atomic E-state index is 13.5. The lowest BCUT2D eigenvalue weighted by Gasteiger charge is -2.41. The highest BCUT2D eigenvalue weighted by atomic mass is 32.2. The van der Waals surface area contributed by atoms with Gasteiger partial charge < -0.3 is 9.84 Å². The number of carboxylic acid groups (broad SMARTS) is 1. The van der Waals surface area contributed by atoms with Crippen LogP contribution in [0.3, 0.4) is 0 Å². The van der Waals surface area contributed by atoms with E-state index in [0.29, 0.717) is 5.69 Å². The Labute approximate surface area is 191 Å². The molecule has 0 unspecified atom stereocenters. The van der Waals surface area contributed by atoms with Crippen LogP contribution in [0, 0.1) is 5.82 Å². The molecule has 0 spiro atoms. The first kappa shape index (κ1) is 24.3. The zero-order valence-corrected chi connectivity index (χ0v) is 19.9. The molecular weight excluding hydrogens is 453 g/mol. The number of benzene rings is 2. The van der Waals surface area contributed by atoms with Gasteiger partial charge in [-0.05, 0) is 65.0 Å². The highest BCUT2D eigenvalue weighted by molar-refractivity contribution is 7.92. The summed E-state index contributed by atoms with van der Waals surface area (Å²) >= 11 is 0. The first-order chi connectivity index (χ1) is 15.0. The SMILES string of the molecule is CC1(C)Oc2cc(NS(C)(=O)=O)c(N(C(=O)O)C(C)(C)C)cc2N(c2ccc(F)cc2)C1=O. The number of hydrogen-bond donors (Lipinski definition) is 2. The molecule has 11 heteroatoms. The number of halogens is 1. The number of hydrogen-bond acceptors (Lipinski definition) is 5. The van der Waals surface area contributed by atoms with Gasteiger partial charge in [0.2, 0.25) is 10.0 Å². The summed E-state index contributed by atoms with van der Waals surface area (Å²) in [5, 5.41) is 9.93. The Bertz CT molecular complexity index is 1220. The largest absolute Gasteiger partial charge is 0.476 e. The highest BCUT2D eigenvalue weighted by Gasteiger charge is 2.43. The molecule has 0 atom stereocenters. The van der Waals surface area contributed by atoms with E-state index in [1.807, 2.05) is 0 Å². The number of nitrogens with zero attached hydrogens (tertiary/aromatic N) is 2. The number of nitrogens with one attached hydrogen (secondary N) is 1. The third-order valence-corrected chi connectivity index (χ3v) is 5.48. The Hall–Kier alpha value is -3.34. The molecule has 1 aliphatic rings. The van der Waals surface area contributed by atoms with Crippen LogP contribution in [0.1, 0.15) is 34.6 Å². The van der Waals surface area contributed by atoms with Crippen LogP contribution in [0.2, 0.25) is 0 Å². The van der Waals surface area contributed by atoms with E-state index in [4.69, 9.17) is 4.74 Å². The van der Waals surface area contributed by atoms with Crippen LogP contribution in [-0.4, -0.2) is 42.9 Å². The summed E-state index contributed by atoms with van der Waals surface area (Å²) in [6.07, 6.45) is -0.381. The topological polar surface area (TPSA) is 116 Å². The van der Waals surface area contributed by atoms with Crippen molar-refractivity contribution in [1.29, 1.82) is 0 Å². The van der Waals surface area contributed by atoms with E-state index < -0.39 is 39.0 Å². The number of sulfonamides is 1. The predicted molar refractivity (Wildman–Crippen MR) is 123 cm³/mol. The van der Waals surface area contributed by atoms with Crippen LogP contribution in [0.15, 0.2) is 36.4 Å². The molecule has 0 aliphatic carbocycles. The van der Waals surface area contributed by atoms with Gasteiger partial charge in [0.15, 0.2) is 5.60 Å². The summed E-state index contributed by atoms with van der Waals surface area (Å²) in [4.78, 5) is 27.8. The standard InChI is InChI=1S/C22H26FN3O6S/c1-21(2,3)26(20(28)29)16-12-17-18(11-15(16)24-33(6,30)31)32-22(4,5)19(27)25(17)14-9-7-13(23)8-10-14/h7-12,24H,1-6H3,(H,28,29). The van der Waals surface area contributed by atoms with E-state index >= 15 is 0 Å². The predicted octanol–water partition coefficient (Wildman–Crippen LogP) is 4.32. The molecule has 0 fully saturated rings. The monoisotopic (exact) mass is 479 g/mol. The Morgan fingerprint density at radius 3 is 2.24 bits per heavy atom. The fraction of sp³-hybridized carbons (Fsp3) is 0.364. The molecule has 3 rings (SSSR count). The minimum absolute atomic E-state index is 0.00222. The van der Waals surface area contributed by atoms with Crippen molar-refractivity contribution in [3.63, 3.8) is 0 Å². The summed E-state index contributed by atoms with van der Waals surface area (Å²) in [6, 6.07) is 7.95. The molecule has 0 bridgehead atoms. The van der Waals surface area contributed by atoms with E-state index in [-0.39, 0.29) is 22.8 Å². The molecule has 2 amide bonds. The third-order valence-electron chi connectivity index (χ3n) is 4.88. The van der Waals surface area contributed by atoms with Crippen LogP contribution >= 0.6 is 0 Å². The lowest BCUT2D eigenvalue weighted by Crippen LogP contribution is -2.51. The first-order valence-corrected chi connectivity index (χ1v) is 11.9. The maximum absolute atomic E-state index is 13.5. The molecule has 0 saturated carbocycles. The zero-order chi connectivity index (χ0) is 24.9. The molecular formula is C22H26FN3O6S. The van der Waals surface area contributed by atoms with Gasteiger partial charge in [-0.25, -0.2) is 17.6 Å². The maximum Gasteiger partial charge on any atom is 0.412 e. The molecule has 2 N–H and O–H groups in total. The van der Waals surface area contributed by atoms with Gasteiger partial charge in [-0.2, -0.15) is 0 Å². The highest BCUT2D eigenvalue weighted by Crippen LogP contribution is 2.48. The van der Waals surface area contributed by atoms with Gasteiger partial charge in [0.25, 0.3) is 5.91 Å². The van der Waals surface area contributed by atoms with Gasteiger partial charge >= 0.3 is 6.09 Å². The number of fused-ring (bicyclic) bond motifs is 1. The third kappa shape index (κ3) is 4.87. The minimum Gasteiger partial charge on any atom is -0.476 e. The lowest BCUT2D eigenvalue weighted by atomic mass is 10.0. The second-order valence-electron chi connectivity index (χ2n) is 9.23. The van der Waals surface area contributed by atoms with Crippen molar-refractivity contribution < 1.29 is 32.2 Å². The molecule has 1 aliphatic heterocycles. The van der Waals surface area contributed by atoms with Crippen molar-refractivity contribution in [1.82, 2.24) is 0 Å². The molecule has 33 heavy (non-hydrogen) atoms. The number of amides is 2. The second-order valence-corrected chi connectivity index (χ2v) is 11.0. The smallest absolute Gasteiger partial charge is 0.412 e. The zero-order valence-electron chi connectivity index (χ0n) is 19.1. The second kappa shape index (κ2) is 7.91. The first-order valence-electron chi connectivity index (χ1n) is 9.99. The number of carbonyl (C=O) groups is 2. The van der Waals surface area contributed by atoms with E-state index in [0.717, 1.165) is 11.2 Å². The summed E-state index contributed by atoms with van der Waals surface area (Å²) in [5.41, 5.74) is -1.79. The Morgan fingerprint density at radius 2 is 1.76 bits per heavy atom. The molecule has 2 aromatic rings. The normalized spacial score (nSPS) is 15.5. The van der Waals surface area contributed by atoms with Crippen LogP contribution in [0.25, 0.3) is 0 Å². The van der Waals surface area contributed by atoms with Crippen molar-refractivity contribution in [3.05, 3.63) is 42.2 Å². The van der Waals surface area contributed by atoms with Gasteiger partial charge in [0.05, 0.1) is 23.3 Å². The van der Waals surface area contributed by atoms with Crippen molar-refractivity contribution in [2.24, 2.45) is 0 Å². The number of rotatable bonds is 4. The molecule has 0 saturated heterocycles. The summed E-state index contributed by atoms with van der Waals surface area (Å²) in [6.45, 7) is 8.03. The van der Waals surface area contributed by atoms with Crippen molar-refractivity contribution >= 4 is 44.8 Å². The van der Waals surface area contributed by atoms with Crippen molar-refractivity contribution in [2.45, 2.75) is 45.8 Å². The fourth-order valence-electron chi connectivity index (χ4n) is 3.58. The van der Waals surface area contributed by atoms with Crippen LogP contribution in [0.4, 0.5) is 31.9 Å². The molecule has 9 nitrogen and oxygen atoms in total. The van der Waals surface area contributed by atoms with Gasteiger partial charge in [0, 0.05) is 17.3 Å². The van der Waals surface area contributed by atoms with Gasteiger partial charge in [0.1, 0.15) is 11.6 Å². The van der Waals surface area contributed by atoms with E-state index in [2.05, 4.69) is 4.72 Å². The van der Waals surface area contributed by atoms with Crippen molar-refractivity contribution in [3.8, 4) is 5.75 Å². The number of carbonyl (C=O) groups excluding carboxylic acids is 1.